The average molecular weight is 317 g/mol. The number of rotatable bonds is 7. The van der Waals surface area contributed by atoms with Crippen molar-refractivity contribution in [1.29, 1.82) is 0 Å². The van der Waals surface area contributed by atoms with Gasteiger partial charge in [-0.15, -0.1) is 0 Å². The van der Waals surface area contributed by atoms with Crippen molar-refractivity contribution in [2.45, 2.75) is 26.9 Å². The summed E-state index contributed by atoms with van der Waals surface area (Å²) in [5.41, 5.74) is 4.36. The van der Waals surface area contributed by atoms with Crippen LogP contribution in [0, 0.1) is 13.8 Å². The predicted octanol–water partition coefficient (Wildman–Crippen LogP) is 1.82. The highest BCUT2D eigenvalue weighted by molar-refractivity contribution is 5.95. The van der Waals surface area contributed by atoms with Crippen LogP contribution in [-0.4, -0.2) is 47.1 Å². The first-order chi connectivity index (χ1) is 11.0. The summed E-state index contributed by atoms with van der Waals surface area (Å²) >= 11 is 0. The minimum absolute atomic E-state index is 0.160. The van der Waals surface area contributed by atoms with E-state index in [9.17, 15) is 9.90 Å². The average Bonchev–Trinajstić information content (AvgIpc) is 2.89. The zero-order valence-corrected chi connectivity index (χ0v) is 13.7. The number of ether oxygens (including phenoxy) is 1. The maximum atomic E-state index is 12.2. The van der Waals surface area contributed by atoms with E-state index in [2.05, 4.69) is 15.5 Å². The van der Waals surface area contributed by atoms with Gasteiger partial charge in [-0.25, -0.2) is 0 Å². The van der Waals surface area contributed by atoms with Crippen molar-refractivity contribution in [3.8, 4) is 11.1 Å². The number of aromatic nitrogens is 2. The van der Waals surface area contributed by atoms with Crippen molar-refractivity contribution in [1.82, 2.24) is 15.5 Å². The number of aromatic amines is 1. The van der Waals surface area contributed by atoms with Gasteiger partial charge in [0.05, 0.1) is 18.4 Å². The second-order valence-corrected chi connectivity index (χ2v) is 5.41. The molecule has 124 valence electrons. The molecule has 0 aliphatic carbocycles. The SMILES string of the molecule is CCOCC(O)CNC(=O)c1cccc(-c2c(C)n[nH]c2C)c1. The van der Waals surface area contributed by atoms with E-state index in [4.69, 9.17) is 4.74 Å². The summed E-state index contributed by atoms with van der Waals surface area (Å²) in [6, 6.07) is 7.37. The smallest absolute Gasteiger partial charge is 0.251 e. The van der Waals surface area contributed by atoms with Crippen molar-refractivity contribution < 1.29 is 14.6 Å². The fourth-order valence-corrected chi connectivity index (χ4v) is 2.42. The van der Waals surface area contributed by atoms with Crippen molar-refractivity contribution in [2.24, 2.45) is 0 Å². The van der Waals surface area contributed by atoms with Gasteiger partial charge in [-0.3, -0.25) is 9.89 Å². The fraction of sp³-hybridized carbons (Fsp3) is 0.412. The van der Waals surface area contributed by atoms with Crippen LogP contribution in [0.3, 0.4) is 0 Å². The number of nitrogens with zero attached hydrogens (tertiary/aromatic N) is 1. The lowest BCUT2D eigenvalue weighted by Crippen LogP contribution is -2.34. The second kappa shape index (κ2) is 7.89. The molecule has 0 aliphatic rings. The third kappa shape index (κ3) is 4.40. The van der Waals surface area contributed by atoms with E-state index >= 15 is 0 Å². The first kappa shape index (κ1) is 17.2. The number of carbonyl (C=O) groups is 1. The molecule has 0 saturated carbocycles. The summed E-state index contributed by atoms with van der Waals surface area (Å²) in [6.45, 7) is 6.64. The molecule has 6 nitrogen and oxygen atoms in total. The topological polar surface area (TPSA) is 87.2 Å². The van der Waals surface area contributed by atoms with E-state index < -0.39 is 6.10 Å². The van der Waals surface area contributed by atoms with Gasteiger partial charge in [0.2, 0.25) is 0 Å². The molecule has 2 aromatic rings. The highest BCUT2D eigenvalue weighted by Gasteiger charge is 2.13. The van der Waals surface area contributed by atoms with E-state index in [0.717, 1.165) is 22.5 Å². The van der Waals surface area contributed by atoms with Crippen LogP contribution < -0.4 is 5.32 Å². The molecule has 1 aromatic carbocycles. The Morgan fingerprint density at radius 1 is 1.43 bits per heavy atom. The molecule has 0 fully saturated rings. The van der Waals surface area contributed by atoms with Crippen LogP contribution in [-0.2, 0) is 4.74 Å². The standard InChI is InChI=1S/C17H23N3O3/c1-4-23-10-15(21)9-18-17(22)14-7-5-6-13(8-14)16-11(2)19-20-12(16)3/h5-8,15,21H,4,9-10H2,1-3H3,(H,18,22)(H,19,20). The molecule has 1 heterocycles. The first-order valence-corrected chi connectivity index (χ1v) is 7.69. The highest BCUT2D eigenvalue weighted by Crippen LogP contribution is 2.25. The van der Waals surface area contributed by atoms with Crippen LogP contribution in [0.1, 0.15) is 28.7 Å². The summed E-state index contributed by atoms with van der Waals surface area (Å²) in [7, 11) is 0. The number of hydrogen-bond donors (Lipinski definition) is 3. The number of aliphatic hydroxyl groups is 1. The highest BCUT2D eigenvalue weighted by atomic mass is 16.5. The zero-order valence-electron chi connectivity index (χ0n) is 13.7. The Morgan fingerprint density at radius 3 is 2.87 bits per heavy atom. The lowest BCUT2D eigenvalue weighted by Gasteiger charge is -2.12. The second-order valence-electron chi connectivity index (χ2n) is 5.41. The molecule has 0 saturated heterocycles. The number of carbonyl (C=O) groups excluding carboxylic acids is 1. The van der Waals surface area contributed by atoms with Crippen molar-refractivity contribution in [3.05, 3.63) is 41.2 Å². The van der Waals surface area contributed by atoms with Gasteiger partial charge in [0, 0.05) is 30.0 Å². The van der Waals surface area contributed by atoms with Crippen molar-refractivity contribution in [3.63, 3.8) is 0 Å². The molecule has 0 spiro atoms. The monoisotopic (exact) mass is 317 g/mol. The normalized spacial score (nSPS) is 12.2. The minimum atomic E-state index is -0.708. The predicted molar refractivity (Wildman–Crippen MR) is 88.3 cm³/mol. The van der Waals surface area contributed by atoms with Gasteiger partial charge < -0.3 is 15.2 Å². The number of hydrogen-bond acceptors (Lipinski definition) is 4. The molecule has 0 bridgehead atoms. The molecule has 23 heavy (non-hydrogen) atoms. The van der Waals surface area contributed by atoms with Gasteiger partial charge in [-0.1, -0.05) is 12.1 Å². The summed E-state index contributed by atoms with van der Waals surface area (Å²) < 4.78 is 5.12. The summed E-state index contributed by atoms with van der Waals surface area (Å²) in [6.07, 6.45) is -0.708. The number of aliphatic hydroxyl groups excluding tert-OH is 1. The van der Waals surface area contributed by atoms with E-state index in [1.807, 2.05) is 39.0 Å². The molecule has 1 amide bonds. The summed E-state index contributed by atoms with van der Waals surface area (Å²) in [4.78, 5) is 12.2. The van der Waals surface area contributed by atoms with Gasteiger partial charge in [0.15, 0.2) is 0 Å². The Balaban J connectivity index is 2.06. The molecular formula is C17H23N3O3. The van der Waals surface area contributed by atoms with Gasteiger partial charge in [-0.05, 0) is 38.5 Å². The Kier molecular flexibility index (Phi) is 5.90. The van der Waals surface area contributed by atoms with Crippen LogP contribution in [0.5, 0.6) is 0 Å². The maximum absolute atomic E-state index is 12.2. The van der Waals surface area contributed by atoms with Gasteiger partial charge in [0.25, 0.3) is 5.91 Å². The molecule has 6 heteroatoms. The van der Waals surface area contributed by atoms with Crippen LogP contribution in [0.25, 0.3) is 11.1 Å². The van der Waals surface area contributed by atoms with Crippen molar-refractivity contribution in [2.75, 3.05) is 19.8 Å². The fourth-order valence-electron chi connectivity index (χ4n) is 2.42. The first-order valence-electron chi connectivity index (χ1n) is 7.69. The van der Waals surface area contributed by atoms with Crippen molar-refractivity contribution >= 4 is 5.91 Å². The van der Waals surface area contributed by atoms with Crippen LogP contribution >= 0.6 is 0 Å². The molecule has 0 radical (unpaired) electrons. The molecule has 1 unspecified atom stereocenters. The largest absolute Gasteiger partial charge is 0.389 e. The quantitative estimate of drug-likeness (QED) is 0.727. The lowest BCUT2D eigenvalue weighted by atomic mass is 10.0. The Bertz CT molecular complexity index is 647. The molecule has 1 aromatic heterocycles. The number of benzene rings is 1. The maximum Gasteiger partial charge on any atom is 0.251 e. The van der Waals surface area contributed by atoms with Crippen LogP contribution in [0.4, 0.5) is 0 Å². The van der Waals surface area contributed by atoms with Gasteiger partial charge >= 0.3 is 0 Å². The zero-order chi connectivity index (χ0) is 16.8. The Morgan fingerprint density at radius 2 is 2.22 bits per heavy atom. The third-order valence-corrected chi connectivity index (χ3v) is 3.55. The van der Waals surface area contributed by atoms with E-state index in [0.29, 0.717) is 12.2 Å². The minimum Gasteiger partial charge on any atom is -0.389 e. The molecule has 2 rings (SSSR count). The van der Waals surface area contributed by atoms with Crippen LogP contribution in [0.2, 0.25) is 0 Å². The molecule has 1 atom stereocenters. The molecule has 3 N–H and O–H groups in total. The van der Waals surface area contributed by atoms with Gasteiger partial charge in [0.1, 0.15) is 0 Å². The Labute approximate surface area is 135 Å². The summed E-state index contributed by atoms with van der Waals surface area (Å²) in [5.74, 6) is -0.221. The Hall–Kier alpha value is -2.18. The van der Waals surface area contributed by atoms with E-state index in [1.54, 1.807) is 6.07 Å². The summed E-state index contributed by atoms with van der Waals surface area (Å²) in [5, 5.41) is 19.5. The molecular weight excluding hydrogens is 294 g/mol. The number of H-pyrrole nitrogens is 1. The van der Waals surface area contributed by atoms with Gasteiger partial charge in [-0.2, -0.15) is 5.10 Å². The number of amides is 1. The number of nitrogens with one attached hydrogen (secondary N) is 2. The van der Waals surface area contributed by atoms with E-state index in [-0.39, 0.29) is 19.1 Å². The van der Waals surface area contributed by atoms with E-state index in [1.165, 1.54) is 0 Å². The lowest BCUT2D eigenvalue weighted by molar-refractivity contribution is 0.0418. The molecule has 0 aliphatic heterocycles. The third-order valence-electron chi connectivity index (χ3n) is 3.55. The number of aryl methyl sites for hydroxylation is 2. The van der Waals surface area contributed by atoms with Crippen LogP contribution in [0.15, 0.2) is 24.3 Å².